The summed E-state index contributed by atoms with van der Waals surface area (Å²) in [6, 6.07) is 7.04. The zero-order valence-electron chi connectivity index (χ0n) is 12.4. The molecule has 3 N–H and O–H groups in total. The zero-order valence-corrected chi connectivity index (χ0v) is 14.0. The lowest BCUT2D eigenvalue weighted by atomic mass is 10.1. The minimum absolute atomic E-state index is 0.0885. The highest BCUT2D eigenvalue weighted by atomic mass is 35.5. The van der Waals surface area contributed by atoms with E-state index in [2.05, 4.69) is 15.6 Å². The van der Waals surface area contributed by atoms with Crippen LogP contribution in [0.3, 0.4) is 0 Å². The standard InChI is InChI=1S/C15H18ClN3O3S/c16-12-8-23(21,22)9-14(12)19-15(20)17-6-5-10-7-18-13-4-2-1-3-11(10)13/h1-4,7,12,14,18H,5-6,8-9H2,(H2,17,19,20)/t12-,14-/m0/s1. The molecule has 2 aromatic rings. The van der Waals surface area contributed by atoms with Gasteiger partial charge in [0.05, 0.1) is 22.9 Å². The lowest BCUT2D eigenvalue weighted by molar-refractivity contribution is 0.238. The molecule has 6 nitrogen and oxygen atoms in total. The van der Waals surface area contributed by atoms with Crippen LogP contribution in [-0.4, -0.2) is 48.9 Å². The van der Waals surface area contributed by atoms with E-state index >= 15 is 0 Å². The number of fused-ring (bicyclic) bond motifs is 1. The first kappa shape index (κ1) is 16.1. The number of sulfone groups is 1. The number of amides is 2. The number of H-pyrrole nitrogens is 1. The summed E-state index contributed by atoms with van der Waals surface area (Å²) in [5, 5.41) is 5.94. The second-order valence-electron chi connectivity index (χ2n) is 5.71. The third-order valence-corrected chi connectivity index (χ3v) is 6.33. The topological polar surface area (TPSA) is 91.1 Å². The minimum Gasteiger partial charge on any atom is -0.361 e. The first-order chi connectivity index (χ1) is 10.9. The Morgan fingerprint density at radius 2 is 2.09 bits per heavy atom. The fourth-order valence-electron chi connectivity index (χ4n) is 2.81. The molecule has 1 aromatic carbocycles. The van der Waals surface area contributed by atoms with Gasteiger partial charge in [-0.1, -0.05) is 18.2 Å². The van der Waals surface area contributed by atoms with Crippen LogP contribution in [0.1, 0.15) is 5.56 Å². The van der Waals surface area contributed by atoms with Crippen LogP contribution >= 0.6 is 11.6 Å². The van der Waals surface area contributed by atoms with Crippen molar-refractivity contribution in [2.75, 3.05) is 18.1 Å². The lowest BCUT2D eigenvalue weighted by Crippen LogP contribution is -2.46. The molecule has 1 aliphatic rings. The highest BCUT2D eigenvalue weighted by Crippen LogP contribution is 2.18. The van der Waals surface area contributed by atoms with Crippen LogP contribution in [0, 0.1) is 0 Å². The Kier molecular flexibility index (Phi) is 4.50. The lowest BCUT2D eigenvalue weighted by Gasteiger charge is -2.14. The molecule has 0 saturated carbocycles. The van der Waals surface area contributed by atoms with E-state index in [1.54, 1.807) is 0 Å². The molecule has 1 fully saturated rings. The van der Waals surface area contributed by atoms with Crippen LogP contribution in [0.2, 0.25) is 0 Å². The smallest absolute Gasteiger partial charge is 0.315 e. The van der Waals surface area contributed by atoms with Crippen molar-refractivity contribution in [3.8, 4) is 0 Å². The normalized spacial score (nSPS) is 23.0. The Morgan fingerprint density at radius 1 is 1.30 bits per heavy atom. The van der Waals surface area contributed by atoms with E-state index < -0.39 is 27.3 Å². The summed E-state index contributed by atoms with van der Waals surface area (Å²) >= 11 is 5.96. The molecule has 0 spiro atoms. The van der Waals surface area contributed by atoms with E-state index in [0.717, 1.165) is 16.5 Å². The summed E-state index contributed by atoms with van der Waals surface area (Å²) in [6.45, 7) is 0.458. The summed E-state index contributed by atoms with van der Waals surface area (Å²) in [5.41, 5.74) is 2.19. The number of urea groups is 1. The van der Waals surface area contributed by atoms with Crippen LogP contribution in [-0.2, 0) is 16.3 Å². The van der Waals surface area contributed by atoms with Crippen molar-refractivity contribution in [2.45, 2.75) is 17.8 Å². The number of carbonyl (C=O) groups is 1. The SMILES string of the molecule is O=C(NCCc1c[nH]c2ccccc12)N[C@H]1CS(=O)(=O)C[C@@H]1Cl. The summed E-state index contributed by atoms with van der Waals surface area (Å²) in [6.07, 6.45) is 2.62. The van der Waals surface area contributed by atoms with Gasteiger partial charge in [-0.15, -0.1) is 11.6 Å². The van der Waals surface area contributed by atoms with Gasteiger partial charge in [0.2, 0.25) is 0 Å². The minimum atomic E-state index is -3.15. The first-order valence-electron chi connectivity index (χ1n) is 7.38. The molecular weight excluding hydrogens is 338 g/mol. The number of aromatic amines is 1. The number of hydrogen-bond acceptors (Lipinski definition) is 3. The molecule has 2 heterocycles. The van der Waals surface area contributed by atoms with Gasteiger partial charge in [0.1, 0.15) is 0 Å². The number of rotatable bonds is 4. The molecule has 1 aromatic heterocycles. The number of para-hydroxylation sites is 1. The average molecular weight is 356 g/mol. The van der Waals surface area contributed by atoms with E-state index in [1.807, 2.05) is 30.5 Å². The van der Waals surface area contributed by atoms with Crippen LogP contribution in [0.15, 0.2) is 30.5 Å². The van der Waals surface area contributed by atoms with Crippen molar-refractivity contribution in [1.29, 1.82) is 0 Å². The molecule has 1 saturated heterocycles. The molecule has 124 valence electrons. The maximum absolute atomic E-state index is 11.9. The summed E-state index contributed by atoms with van der Waals surface area (Å²) < 4.78 is 22.9. The number of nitrogens with one attached hydrogen (secondary N) is 3. The third kappa shape index (κ3) is 3.79. The maximum atomic E-state index is 11.9. The summed E-state index contributed by atoms with van der Waals surface area (Å²) in [7, 11) is -3.15. The third-order valence-electron chi connectivity index (χ3n) is 3.95. The predicted molar refractivity (Wildman–Crippen MR) is 90.6 cm³/mol. The van der Waals surface area contributed by atoms with E-state index in [1.165, 1.54) is 0 Å². The van der Waals surface area contributed by atoms with E-state index in [-0.39, 0.29) is 11.5 Å². The van der Waals surface area contributed by atoms with Crippen molar-refractivity contribution in [2.24, 2.45) is 0 Å². The van der Waals surface area contributed by atoms with E-state index in [4.69, 9.17) is 11.6 Å². The van der Waals surface area contributed by atoms with Crippen molar-refractivity contribution < 1.29 is 13.2 Å². The average Bonchev–Trinajstić information content (AvgIpc) is 3.00. The molecule has 0 unspecified atom stereocenters. The molecule has 2 atom stereocenters. The van der Waals surface area contributed by atoms with E-state index in [0.29, 0.717) is 13.0 Å². The second-order valence-corrected chi connectivity index (χ2v) is 8.42. The Hall–Kier alpha value is -1.73. The zero-order chi connectivity index (χ0) is 16.4. The van der Waals surface area contributed by atoms with Crippen molar-refractivity contribution in [3.63, 3.8) is 0 Å². The number of carbonyl (C=O) groups excluding carboxylic acids is 1. The highest BCUT2D eigenvalue weighted by molar-refractivity contribution is 7.91. The fourth-order valence-corrected chi connectivity index (χ4v) is 5.36. The molecular formula is C15H18ClN3O3S. The second kappa shape index (κ2) is 6.41. The van der Waals surface area contributed by atoms with E-state index in [9.17, 15) is 13.2 Å². The van der Waals surface area contributed by atoms with Gasteiger partial charge in [0.25, 0.3) is 0 Å². The first-order valence-corrected chi connectivity index (χ1v) is 9.64. The molecule has 1 aliphatic heterocycles. The van der Waals surface area contributed by atoms with Crippen molar-refractivity contribution in [1.82, 2.24) is 15.6 Å². The van der Waals surface area contributed by atoms with Crippen molar-refractivity contribution >= 4 is 38.4 Å². The molecule has 0 radical (unpaired) electrons. The molecule has 3 rings (SSSR count). The number of benzene rings is 1. The summed E-state index contributed by atoms with van der Waals surface area (Å²) in [5.74, 6) is -0.189. The monoisotopic (exact) mass is 355 g/mol. The molecule has 0 aliphatic carbocycles. The van der Waals surface area contributed by atoms with Crippen LogP contribution in [0.25, 0.3) is 10.9 Å². The van der Waals surface area contributed by atoms with Gasteiger partial charge in [-0.25, -0.2) is 13.2 Å². The fraction of sp³-hybridized carbons (Fsp3) is 0.400. The predicted octanol–water partition coefficient (Wildman–Crippen LogP) is 1.41. The maximum Gasteiger partial charge on any atom is 0.315 e. The van der Waals surface area contributed by atoms with Gasteiger partial charge in [0, 0.05) is 23.6 Å². The number of hydrogen-bond donors (Lipinski definition) is 3. The van der Waals surface area contributed by atoms with Crippen molar-refractivity contribution in [3.05, 3.63) is 36.0 Å². The van der Waals surface area contributed by atoms with Gasteiger partial charge < -0.3 is 15.6 Å². The van der Waals surface area contributed by atoms with Gasteiger partial charge >= 0.3 is 6.03 Å². The Bertz CT molecular complexity index is 818. The number of aromatic nitrogens is 1. The Labute approximate surface area is 139 Å². The Morgan fingerprint density at radius 3 is 2.83 bits per heavy atom. The van der Waals surface area contributed by atoms with Gasteiger partial charge in [-0.05, 0) is 18.1 Å². The van der Waals surface area contributed by atoms with Crippen LogP contribution < -0.4 is 10.6 Å². The largest absolute Gasteiger partial charge is 0.361 e. The Balaban J connectivity index is 1.50. The van der Waals surface area contributed by atoms with Crippen LogP contribution in [0.4, 0.5) is 4.79 Å². The molecule has 23 heavy (non-hydrogen) atoms. The highest BCUT2D eigenvalue weighted by Gasteiger charge is 2.37. The summed E-state index contributed by atoms with van der Waals surface area (Å²) in [4.78, 5) is 15.1. The van der Waals surface area contributed by atoms with Gasteiger partial charge in [0.15, 0.2) is 9.84 Å². The molecule has 0 bridgehead atoms. The number of halogens is 1. The van der Waals surface area contributed by atoms with Gasteiger partial charge in [-0.2, -0.15) is 0 Å². The quantitative estimate of drug-likeness (QED) is 0.724. The van der Waals surface area contributed by atoms with Crippen LogP contribution in [0.5, 0.6) is 0 Å². The molecule has 2 amide bonds. The molecule has 8 heteroatoms. The number of alkyl halides is 1. The van der Waals surface area contributed by atoms with Gasteiger partial charge in [-0.3, -0.25) is 0 Å².